The molecular formula is C15H28N2O3. The van der Waals surface area contributed by atoms with Crippen LogP contribution in [0.15, 0.2) is 0 Å². The Kier molecular flexibility index (Phi) is 7.41. The number of carbonyl (C=O) groups is 2. The highest BCUT2D eigenvalue weighted by atomic mass is 16.4. The summed E-state index contributed by atoms with van der Waals surface area (Å²) >= 11 is 0. The molecule has 3 N–H and O–H groups in total. The predicted octanol–water partition coefficient (Wildman–Crippen LogP) is 2.61. The summed E-state index contributed by atoms with van der Waals surface area (Å²) in [5.41, 5.74) is 0. The van der Waals surface area contributed by atoms with Crippen molar-refractivity contribution >= 4 is 12.0 Å². The molecule has 1 aliphatic carbocycles. The molecule has 0 aromatic rings. The van der Waals surface area contributed by atoms with E-state index in [0.29, 0.717) is 13.1 Å². The third-order valence-electron chi connectivity index (χ3n) is 4.11. The van der Waals surface area contributed by atoms with Gasteiger partial charge in [0.25, 0.3) is 0 Å². The Hall–Kier alpha value is -1.26. The van der Waals surface area contributed by atoms with E-state index in [-0.39, 0.29) is 18.4 Å². The monoisotopic (exact) mass is 284 g/mol. The summed E-state index contributed by atoms with van der Waals surface area (Å²) in [6, 6.07) is -0.189. The lowest BCUT2D eigenvalue weighted by Crippen LogP contribution is -2.39. The Morgan fingerprint density at radius 1 is 1.20 bits per heavy atom. The summed E-state index contributed by atoms with van der Waals surface area (Å²) in [6.07, 6.45) is 6.30. The molecule has 0 spiro atoms. The molecule has 5 heteroatoms. The fraction of sp³-hybridized carbons (Fsp3) is 0.867. The Balaban J connectivity index is 2.04. The number of urea groups is 1. The maximum Gasteiger partial charge on any atom is 0.314 e. The van der Waals surface area contributed by atoms with Gasteiger partial charge in [-0.1, -0.05) is 39.5 Å². The maximum atomic E-state index is 11.6. The zero-order valence-corrected chi connectivity index (χ0v) is 12.7. The minimum atomic E-state index is -0.828. The molecule has 1 saturated carbocycles. The van der Waals surface area contributed by atoms with E-state index in [9.17, 15) is 9.59 Å². The molecule has 1 rings (SSSR count). The van der Waals surface area contributed by atoms with E-state index in [4.69, 9.17) is 5.11 Å². The van der Waals surface area contributed by atoms with Crippen molar-refractivity contribution in [1.82, 2.24) is 10.6 Å². The number of carboxylic acid groups (broad SMARTS) is 1. The Labute approximate surface area is 121 Å². The number of amides is 2. The molecule has 116 valence electrons. The molecule has 1 aliphatic rings. The first kappa shape index (κ1) is 16.8. The molecule has 0 aromatic heterocycles. The molecule has 0 radical (unpaired) electrons. The minimum Gasteiger partial charge on any atom is -0.481 e. The number of nitrogens with one attached hydrogen (secondary N) is 2. The molecule has 2 amide bonds. The average molecular weight is 284 g/mol. The zero-order valence-electron chi connectivity index (χ0n) is 12.7. The summed E-state index contributed by atoms with van der Waals surface area (Å²) in [7, 11) is 0. The number of rotatable bonds is 7. The van der Waals surface area contributed by atoms with Crippen molar-refractivity contribution in [1.29, 1.82) is 0 Å². The summed E-state index contributed by atoms with van der Waals surface area (Å²) in [4.78, 5) is 22.1. The third kappa shape index (κ3) is 7.36. The van der Waals surface area contributed by atoms with Gasteiger partial charge in [-0.3, -0.25) is 4.79 Å². The molecule has 0 heterocycles. The molecule has 0 aliphatic heterocycles. The van der Waals surface area contributed by atoms with Crippen LogP contribution in [0.4, 0.5) is 4.79 Å². The lowest BCUT2D eigenvalue weighted by atomic mass is 9.81. The van der Waals surface area contributed by atoms with Gasteiger partial charge in [-0.2, -0.15) is 0 Å². The van der Waals surface area contributed by atoms with Crippen LogP contribution < -0.4 is 10.6 Å². The smallest absolute Gasteiger partial charge is 0.314 e. The van der Waals surface area contributed by atoms with E-state index < -0.39 is 5.97 Å². The van der Waals surface area contributed by atoms with Gasteiger partial charge in [0.2, 0.25) is 0 Å². The largest absolute Gasteiger partial charge is 0.481 e. The first-order valence-corrected chi connectivity index (χ1v) is 7.70. The average Bonchev–Trinajstić information content (AvgIpc) is 2.38. The van der Waals surface area contributed by atoms with Gasteiger partial charge in [-0.05, 0) is 24.2 Å². The number of hydrogen-bond acceptors (Lipinski definition) is 2. The Morgan fingerprint density at radius 3 is 2.45 bits per heavy atom. The first-order chi connectivity index (χ1) is 9.47. The quantitative estimate of drug-likeness (QED) is 0.672. The lowest BCUT2D eigenvalue weighted by molar-refractivity contribution is -0.137. The highest BCUT2D eigenvalue weighted by Gasteiger charge is 2.18. The van der Waals surface area contributed by atoms with E-state index in [1.165, 1.54) is 25.7 Å². The number of carbonyl (C=O) groups excluding carboxylic acids is 1. The SMILES string of the molecule is CC1CCC(CCNC(=O)NCC(C)CC(=O)O)CC1. The van der Waals surface area contributed by atoms with Crippen molar-refractivity contribution in [3.63, 3.8) is 0 Å². The normalized spacial score (nSPS) is 23.9. The van der Waals surface area contributed by atoms with Crippen LogP contribution >= 0.6 is 0 Å². The van der Waals surface area contributed by atoms with Crippen LogP contribution in [0, 0.1) is 17.8 Å². The number of hydrogen-bond donors (Lipinski definition) is 3. The van der Waals surface area contributed by atoms with Crippen molar-refractivity contribution in [3.8, 4) is 0 Å². The van der Waals surface area contributed by atoms with Crippen molar-refractivity contribution in [3.05, 3.63) is 0 Å². The molecule has 0 saturated heterocycles. The summed E-state index contributed by atoms with van der Waals surface area (Å²) < 4.78 is 0. The van der Waals surface area contributed by atoms with E-state index in [1.807, 2.05) is 6.92 Å². The summed E-state index contributed by atoms with van der Waals surface area (Å²) in [5, 5.41) is 14.2. The highest BCUT2D eigenvalue weighted by molar-refractivity contribution is 5.73. The van der Waals surface area contributed by atoms with Crippen LogP contribution in [-0.2, 0) is 4.79 Å². The topological polar surface area (TPSA) is 78.4 Å². The lowest BCUT2D eigenvalue weighted by Gasteiger charge is -2.26. The van der Waals surface area contributed by atoms with Gasteiger partial charge >= 0.3 is 12.0 Å². The van der Waals surface area contributed by atoms with E-state index in [0.717, 1.165) is 18.3 Å². The highest BCUT2D eigenvalue weighted by Crippen LogP contribution is 2.29. The fourth-order valence-electron chi connectivity index (χ4n) is 2.71. The molecule has 1 unspecified atom stereocenters. The second kappa shape index (κ2) is 8.82. The van der Waals surface area contributed by atoms with Crippen LogP contribution in [0.3, 0.4) is 0 Å². The molecule has 1 atom stereocenters. The van der Waals surface area contributed by atoms with Crippen molar-refractivity contribution in [2.45, 2.75) is 52.4 Å². The molecular weight excluding hydrogens is 256 g/mol. The zero-order chi connectivity index (χ0) is 15.0. The van der Waals surface area contributed by atoms with Crippen LogP contribution in [0.25, 0.3) is 0 Å². The van der Waals surface area contributed by atoms with Crippen LogP contribution in [0.2, 0.25) is 0 Å². The second-order valence-corrected chi connectivity index (χ2v) is 6.25. The molecule has 0 bridgehead atoms. The third-order valence-corrected chi connectivity index (χ3v) is 4.11. The van der Waals surface area contributed by atoms with Gasteiger partial charge in [0.1, 0.15) is 0 Å². The van der Waals surface area contributed by atoms with Crippen molar-refractivity contribution in [2.24, 2.45) is 17.8 Å². The number of aliphatic carboxylic acids is 1. The Morgan fingerprint density at radius 2 is 1.85 bits per heavy atom. The second-order valence-electron chi connectivity index (χ2n) is 6.25. The van der Waals surface area contributed by atoms with E-state index >= 15 is 0 Å². The molecule has 20 heavy (non-hydrogen) atoms. The minimum absolute atomic E-state index is 0.0434. The molecule has 5 nitrogen and oxygen atoms in total. The van der Waals surface area contributed by atoms with Crippen molar-refractivity contribution in [2.75, 3.05) is 13.1 Å². The van der Waals surface area contributed by atoms with Gasteiger partial charge in [0, 0.05) is 19.5 Å². The van der Waals surface area contributed by atoms with Gasteiger partial charge in [-0.25, -0.2) is 4.79 Å². The standard InChI is InChI=1S/C15H28N2O3/c1-11-3-5-13(6-4-11)7-8-16-15(20)17-10-12(2)9-14(18)19/h11-13H,3-10H2,1-2H3,(H,18,19)(H2,16,17,20). The van der Waals surface area contributed by atoms with Crippen LogP contribution in [0.1, 0.15) is 52.4 Å². The summed E-state index contributed by atoms with van der Waals surface area (Å²) in [5.74, 6) is 0.736. The Bertz CT molecular complexity index is 312. The first-order valence-electron chi connectivity index (χ1n) is 7.70. The molecule has 1 fully saturated rings. The maximum absolute atomic E-state index is 11.6. The predicted molar refractivity (Wildman–Crippen MR) is 78.6 cm³/mol. The van der Waals surface area contributed by atoms with Crippen molar-refractivity contribution < 1.29 is 14.7 Å². The molecule has 0 aromatic carbocycles. The number of carboxylic acids is 1. The van der Waals surface area contributed by atoms with Gasteiger partial charge in [0.05, 0.1) is 0 Å². The van der Waals surface area contributed by atoms with Gasteiger partial charge < -0.3 is 15.7 Å². The van der Waals surface area contributed by atoms with E-state index in [2.05, 4.69) is 17.6 Å². The fourth-order valence-corrected chi connectivity index (χ4v) is 2.71. The van der Waals surface area contributed by atoms with Gasteiger partial charge in [-0.15, -0.1) is 0 Å². The summed E-state index contributed by atoms with van der Waals surface area (Å²) in [6.45, 7) is 5.23. The van der Waals surface area contributed by atoms with Crippen LogP contribution in [0.5, 0.6) is 0 Å². The van der Waals surface area contributed by atoms with E-state index in [1.54, 1.807) is 0 Å². The van der Waals surface area contributed by atoms with Gasteiger partial charge in [0.15, 0.2) is 0 Å². The van der Waals surface area contributed by atoms with Crippen LogP contribution in [-0.4, -0.2) is 30.2 Å².